The monoisotopic (exact) mass is 820 g/mol. The van der Waals surface area contributed by atoms with Gasteiger partial charge in [-0.15, -0.1) is 19.2 Å². The Morgan fingerprint density at radius 2 is 1.27 bits per heavy atom. The molecule has 0 radical (unpaired) electrons. The van der Waals surface area contributed by atoms with Gasteiger partial charge in [0.1, 0.15) is 17.9 Å². The first-order valence-corrected chi connectivity index (χ1v) is 18.7. The zero-order valence-electron chi connectivity index (χ0n) is 32.1. The van der Waals surface area contributed by atoms with Crippen molar-refractivity contribution >= 4 is 41.5 Å². The molecule has 6 nitrogen and oxygen atoms in total. The summed E-state index contributed by atoms with van der Waals surface area (Å²) in [6, 6.07) is 12.9. The molecule has 0 aliphatic heterocycles. The Morgan fingerprint density at radius 1 is 0.836 bits per heavy atom. The summed E-state index contributed by atoms with van der Waals surface area (Å²) in [6.07, 6.45) is 21.8. The standard InChI is InChI=1S/C22H25FN2O.C19H19FN2O.C4H7.BrH.Mg/c1-3-4-20(26)11-16-5-6-17-12-21-15(13-22(16,17)2)14-24-25(21)19-9-7-18(23)8-10-19;1-19-11-13-12-21-22(17-6-4-16(20)5-7-17)18(13)10-15(19)3-2-14(19)8-9-23;1-3-4-2;;/h3,7-10,12,14,16,20,26H,1,4-6,11,13H2,2H3;4-7,9-10,12,14H,2-3,8,11H2,1H3;3H,1-2,4H2;1H;/q;;-1;;+2/p-1/t16-,20+,22-;14-,19-;;;/m11.../s1. The predicted octanol–water partition coefficient (Wildman–Crippen LogP) is 6.67. The van der Waals surface area contributed by atoms with Gasteiger partial charge in [-0.1, -0.05) is 31.1 Å². The summed E-state index contributed by atoms with van der Waals surface area (Å²) in [7, 11) is 0. The van der Waals surface area contributed by atoms with E-state index in [1.54, 1.807) is 36.4 Å². The number of nitrogens with zero attached hydrogens (tertiary/aromatic N) is 4. The fraction of sp³-hybridized carbons (Fsp3) is 0.378. The molecule has 4 aromatic rings. The van der Waals surface area contributed by atoms with Gasteiger partial charge in [0.25, 0.3) is 0 Å². The van der Waals surface area contributed by atoms with Crippen LogP contribution in [0.5, 0.6) is 0 Å². The van der Waals surface area contributed by atoms with Crippen LogP contribution in [0.15, 0.2) is 97.4 Å². The quantitative estimate of drug-likeness (QED) is 0.0887. The minimum Gasteiger partial charge on any atom is -1.00 e. The average molecular weight is 822 g/mol. The van der Waals surface area contributed by atoms with E-state index in [0.29, 0.717) is 24.7 Å². The molecule has 0 amide bonds. The van der Waals surface area contributed by atoms with E-state index in [0.717, 1.165) is 80.4 Å². The summed E-state index contributed by atoms with van der Waals surface area (Å²) >= 11 is 0. The van der Waals surface area contributed by atoms with Gasteiger partial charge in [-0.25, -0.2) is 18.1 Å². The summed E-state index contributed by atoms with van der Waals surface area (Å²) in [5, 5.41) is 19.3. The number of benzene rings is 2. The number of rotatable bonds is 9. The molecule has 5 atom stereocenters. The van der Waals surface area contributed by atoms with E-state index in [4.69, 9.17) is 0 Å². The maximum Gasteiger partial charge on any atom is 2.00 e. The first kappa shape index (κ1) is 44.3. The molecule has 4 aliphatic carbocycles. The van der Waals surface area contributed by atoms with Gasteiger partial charge in [0.2, 0.25) is 0 Å². The molecule has 2 saturated carbocycles. The van der Waals surface area contributed by atoms with Gasteiger partial charge in [0, 0.05) is 6.42 Å². The molecule has 4 aliphatic rings. The topological polar surface area (TPSA) is 72.9 Å². The van der Waals surface area contributed by atoms with Crippen LogP contribution in [0.3, 0.4) is 0 Å². The Balaban J connectivity index is 0.000000217. The molecule has 10 heteroatoms. The Bertz CT molecular complexity index is 2000. The summed E-state index contributed by atoms with van der Waals surface area (Å²) in [6.45, 7) is 15.2. The molecular weight excluding hydrogens is 771 g/mol. The zero-order valence-corrected chi connectivity index (χ0v) is 35.1. The van der Waals surface area contributed by atoms with Gasteiger partial charge in [-0.2, -0.15) is 16.6 Å². The molecule has 8 rings (SSSR count). The van der Waals surface area contributed by atoms with Crippen LogP contribution < -0.4 is 17.0 Å². The third-order valence-corrected chi connectivity index (χ3v) is 12.0. The van der Waals surface area contributed by atoms with Crippen LogP contribution in [0.1, 0.15) is 87.7 Å². The van der Waals surface area contributed by atoms with Crippen LogP contribution in [0.4, 0.5) is 8.78 Å². The van der Waals surface area contributed by atoms with E-state index >= 15 is 0 Å². The average Bonchev–Trinajstić information content (AvgIpc) is 3.91. The number of aromatic nitrogens is 4. The largest absolute Gasteiger partial charge is 2.00 e. The summed E-state index contributed by atoms with van der Waals surface area (Å²) in [5.41, 5.74) is 9.41. The van der Waals surface area contributed by atoms with E-state index in [9.17, 15) is 18.7 Å². The maximum atomic E-state index is 13.2. The van der Waals surface area contributed by atoms with E-state index in [-0.39, 0.29) is 68.6 Å². The van der Waals surface area contributed by atoms with Crippen LogP contribution in [0.25, 0.3) is 23.5 Å². The molecule has 2 heterocycles. The number of carbonyl (C=O) groups is 1. The van der Waals surface area contributed by atoms with E-state index in [1.165, 1.54) is 46.5 Å². The SMILES string of the molecule is C=CC[C@H](O)C[C@H]1CCC2=Cc3c(cnn3-c3ccc(F)cc3)C[C@@]21C.C=CC[CH2-].C[C@]12Cc3cnn(-c4ccc(F)cc4)c3C=C1CC[C@@H]2CC=O.[Br-].[Mg+2]. The summed E-state index contributed by atoms with van der Waals surface area (Å²) < 4.78 is 30.2. The van der Waals surface area contributed by atoms with Gasteiger partial charge in [-0.3, -0.25) is 0 Å². The molecule has 0 saturated heterocycles. The van der Waals surface area contributed by atoms with Gasteiger partial charge >= 0.3 is 23.1 Å². The number of fused-ring (bicyclic) bond motifs is 4. The number of aldehydes is 1. The normalized spacial score (nSPS) is 23.2. The van der Waals surface area contributed by atoms with Crippen molar-refractivity contribution in [1.29, 1.82) is 0 Å². The number of aliphatic hydroxyl groups is 1. The number of carbonyl (C=O) groups excluding carboxylic acids is 1. The number of hydrogen-bond donors (Lipinski definition) is 1. The van der Waals surface area contributed by atoms with E-state index in [2.05, 4.69) is 56.3 Å². The van der Waals surface area contributed by atoms with Crippen LogP contribution in [0.2, 0.25) is 0 Å². The van der Waals surface area contributed by atoms with Gasteiger partial charge < -0.3 is 33.8 Å². The number of halogens is 3. The molecule has 55 heavy (non-hydrogen) atoms. The van der Waals surface area contributed by atoms with Crippen molar-refractivity contribution in [3.05, 3.63) is 138 Å². The van der Waals surface area contributed by atoms with Crippen molar-refractivity contribution in [2.24, 2.45) is 22.7 Å². The van der Waals surface area contributed by atoms with E-state index < -0.39 is 0 Å². The molecule has 1 N–H and O–H groups in total. The van der Waals surface area contributed by atoms with Gasteiger partial charge in [0.05, 0.1) is 41.3 Å². The Morgan fingerprint density at radius 3 is 1.69 bits per heavy atom. The molecule has 286 valence electrons. The molecule has 2 fully saturated rings. The zero-order chi connectivity index (χ0) is 37.8. The molecule has 0 spiro atoms. The Hall–Kier alpha value is -3.44. The number of allylic oxidation sites excluding steroid dienone is 3. The van der Waals surface area contributed by atoms with Crippen LogP contribution >= 0.6 is 0 Å². The Labute approximate surface area is 351 Å². The number of aliphatic hydroxyl groups excluding tert-OH is 1. The van der Waals surface area contributed by atoms with Crippen molar-refractivity contribution < 1.29 is 35.7 Å². The summed E-state index contributed by atoms with van der Waals surface area (Å²) in [5.74, 6) is 0.421. The second-order valence-electron chi connectivity index (χ2n) is 15.3. The van der Waals surface area contributed by atoms with Crippen LogP contribution in [-0.4, -0.2) is 60.1 Å². The van der Waals surface area contributed by atoms with Crippen molar-refractivity contribution in [3.8, 4) is 11.4 Å². The Kier molecular flexibility index (Phi) is 15.4. The summed E-state index contributed by atoms with van der Waals surface area (Å²) in [4.78, 5) is 11.0. The minimum atomic E-state index is -0.308. The molecule has 0 unspecified atom stereocenters. The fourth-order valence-corrected chi connectivity index (χ4v) is 8.93. The van der Waals surface area contributed by atoms with Crippen molar-refractivity contribution in [2.75, 3.05) is 0 Å². The third-order valence-electron chi connectivity index (χ3n) is 12.0. The predicted molar refractivity (Wildman–Crippen MR) is 214 cm³/mol. The van der Waals surface area contributed by atoms with Crippen molar-refractivity contribution in [2.45, 2.75) is 84.2 Å². The first-order chi connectivity index (χ1) is 25.5. The van der Waals surface area contributed by atoms with Crippen molar-refractivity contribution in [3.63, 3.8) is 0 Å². The molecule has 0 bridgehead atoms. The van der Waals surface area contributed by atoms with Gasteiger partial charge in [-0.05, 0) is 146 Å². The van der Waals surface area contributed by atoms with Crippen LogP contribution in [0, 0.1) is 41.2 Å². The first-order valence-electron chi connectivity index (χ1n) is 18.7. The smallest absolute Gasteiger partial charge is 1.00 e. The van der Waals surface area contributed by atoms with Crippen LogP contribution in [-0.2, 0) is 17.6 Å². The third kappa shape index (κ3) is 9.24. The van der Waals surface area contributed by atoms with Gasteiger partial charge in [0.15, 0.2) is 0 Å². The molecule has 2 aromatic carbocycles. The minimum absolute atomic E-state index is 0. The second-order valence-corrected chi connectivity index (χ2v) is 15.3. The second kappa shape index (κ2) is 19.1. The molecular formula is C45H51BrF2MgN4O2. The fourth-order valence-electron chi connectivity index (χ4n) is 8.93. The molecule has 2 aromatic heterocycles. The maximum absolute atomic E-state index is 13.2. The number of hydrogen-bond acceptors (Lipinski definition) is 4. The van der Waals surface area contributed by atoms with Crippen molar-refractivity contribution in [1.82, 2.24) is 19.6 Å². The van der Waals surface area contributed by atoms with E-state index in [1.807, 2.05) is 21.8 Å².